The minimum absolute atomic E-state index is 0.231. The summed E-state index contributed by atoms with van der Waals surface area (Å²) in [7, 11) is 0. The van der Waals surface area contributed by atoms with E-state index in [1.807, 2.05) is 30.3 Å². The molecule has 1 aromatic heterocycles. The Bertz CT molecular complexity index is 481. The normalized spacial score (nSPS) is 14.4. The Morgan fingerprint density at radius 3 is 2.72 bits per heavy atom. The Kier molecular flexibility index (Phi) is 4.45. The van der Waals surface area contributed by atoms with E-state index in [2.05, 4.69) is 25.2 Å². The average Bonchev–Trinajstić information content (AvgIpc) is 2.89. The van der Waals surface area contributed by atoms with Crippen LogP contribution in [0.15, 0.2) is 47.1 Å². The van der Waals surface area contributed by atoms with E-state index < -0.39 is 0 Å². The fourth-order valence-corrected chi connectivity index (χ4v) is 2.26. The van der Waals surface area contributed by atoms with Gasteiger partial charge in [0.05, 0.1) is 12.3 Å². The second-order valence-electron chi connectivity index (χ2n) is 4.42. The van der Waals surface area contributed by atoms with Gasteiger partial charge in [0.2, 0.25) is 0 Å². The van der Waals surface area contributed by atoms with Crippen molar-refractivity contribution >= 4 is 11.6 Å². The summed E-state index contributed by atoms with van der Waals surface area (Å²) in [5.74, 6) is 0.978. The van der Waals surface area contributed by atoms with Crippen LogP contribution in [0.3, 0.4) is 0 Å². The molecule has 2 unspecified atom stereocenters. The molecule has 2 aromatic rings. The van der Waals surface area contributed by atoms with E-state index in [0.29, 0.717) is 0 Å². The van der Waals surface area contributed by atoms with E-state index in [4.69, 9.17) is 16.0 Å². The van der Waals surface area contributed by atoms with E-state index in [1.54, 1.807) is 6.26 Å². The predicted octanol–water partition coefficient (Wildman–Crippen LogP) is 4.73. The number of hydrogen-bond donors (Lipinski definition) is 1. The van der Waals surface area contributed by atoms with E-state index in [9.17, 15) is 0 Å². The van der Waals surface area contributed by atoms with Crippen molar-refractivity contribution in [3.63, 3.8) is 0 Å². The molecule has 0 radical (unpaired) electrons. The van der Waals surface area contributed by atoms with Crippen LogP contribution < -0.4 is 5.32 Å². The number of benzene rings is 1. The summed E-state index contributed by atoms with van der Waals surface area (Å²) in [6.45, 7) is 4.28. The van der Waals surface area contributed by atoms with Crippen LogP contribution in [0.1, 0.15) is 43.7 Å². The molecule has 2 rings (SSSR count). The molecule has 2 nitrogen and oxygen atoms in total. The first-order valence-corrected chi connectivity index (χ1v) is 6.63. The van der Waals surface area contributed by atoms with Gasteiger partial charge in [-0.05, 0) is 43.2 Å². The second-order valence-corrected chi connectivity index (χ2v) is 4.86. The molecular weight excluding hydrogens is 246 g/mol. The Morgan fingerprint density at radius 1 is 1.28 bits per heavy atom. The smallest absolute Gasteiger partial charge is 0.120 e. The minimum Gasteiger partial charge on any atom is -0.468 e. The fourth-order valence-electron chi connectivity index (χ4n) is 2.06. The molecule has 0 aliphatic heterocycles. The minimum atomic E-state index is 0.231. The zero-order valence-corrected chi connectivity index (χ0v) is 11.4. The van der Waals surface area contributed by atoms with Crippen LogP contribution in [0.5, 0.6) is 0 Å². The van der Waals surface area contributed by atoms with E-state index in [-0.39, 0.29) is 12.1 Å². The van der Waals surface area contributed by atoms with Crippen molar-refractivity contribution < 1.29 is 4.42 Å². The second kappa shape index (κ2) is 6.07. The van der Waals surface area contributed by atoms with Crippen LogP contribution in [0.4, 0.5) is 0 Å². The number of nitrogens with one attached hydrogen (secondary N) is 1. The summed E-state index contributed by atoms with van der Waals surface area (Å²) in [5.41, 5.74) is 1.19. The highest BCUT2D eigenvalue weighted by Crippen LogP contribution is 2.23. The molecule has 0 saturated heterocycles. The summed E-state index contributed by atoms with van der Waals surface area (Å²) < 4.78 is 5.46. The molecule has 0 amide bonds. The highest BCUT2D eigenvalue weighted by atomic mass is 35.5. The lowest BCUT2D eigenvalue weighted by Crippen LogP contribution is -2.23. The molecule has 0 aliphatic carbocycles. The van der Waals surface area contributed by atoms with Gasteiger partial charge in [0.25, 0.3) is 0 Å². The van der Waals surface area contributed by atoms with Gasteiger partial charge in [0.15, 0.2) is 0 Å². The van der Waals surface area contributed by atoms with Gasteiger partial charge in [-0.25, -0.2) is 0 Å². The molecule has 18 heavy (non-hydrogen) atoms. The van der Waals surface area contributed by atoms with Gasteiger partial charge < -0.3 is 9.73 Å². The lowest BCUT2D eigenvalue weighted by atomic mass is 10.1. The number of furan rings is 1. The Hall–Kier alpha value is -1.25. The van der Waals surface area contributed by atoms with Gasteiger partial charge in [-0.1, -0.05) is 30.7 Å². The summed E-state index contributed by atoms with van der Waals surface area (Å²) in [4.78, 5) is 0. The van der Waals surface area contributed by atoms with Gasteiger partial charge in [0, 0.05) is 11.1 Å². The quantitative estimate of drug-likeness (QED) is 0.843. The molecule has 0 fully saturated rings. The lowest BCUT2D eigenvalue weighted by molar-refractivity contribution is 0.376. The molecule has 1 N–H and O–H groups in total. The molecule has 1 heterocycles. The van der Waals surface area contributed by atoms with Gasteiger partial charge in [-0.3, -0.25) is 0 Å². The average molecular weight is 264 g/mol. The third-order valence-electron chi connectivity index (χ3n) is 3.09. The topological polar surface area (TPSA) is 25.2 Å². The molecule has 0 aliphatic rings. The third-order valence-corrected chi connectivity index (χ3v) is 3.33. The molecule has 3 heteroatoms. The van der Waals surface area contributed by atoms with Crippen LogP contribution >= 0.6 is 11.6 Å². The van der Waals surface area contributed by atoms with E-state index in [1.165, 1.54) is 5.56 Å². The maximum atomic E-state index is 6.01. The van der Waals surface area contributed by atoms with Crippen LogP contribution in [-0.2, 0) is 0 Å². The first kappa shape index (κ1) is 13.2. The SMILES string of the molecule is CCC(NC(C)c1cccc(Cl)c1)c1ccco1. The largest absolute Gasteiger partial charge is 0.468 e. The van der Waals surface area contributed by atoms with Gasteiger partial charge in [-0.2, -0.15) is 0 Å². The standard InChI is InChI=1S/C15H18ClNO/c1-3-14(15-8-5-9-18-15)17-11(2)12-6-4-7-13(16)10-12/h4-11,14,17H,3H2,1-2H3. The molecule has 2 atom stereocenters. The molecule has 0 bridgehead atoms. The maximum Gasteiger partial charge on any atom is 0.120 e. The first-order valence-electron chi connectivity index (χ1n) is 6.25. The monoisotopic (exact) mass is 263 g/mol. The summed E-state index contributed by atoms with van der Waals surface area (Å²) in [5, 5.41) is 4.33. The third kappa shape index (κ3) is 3.15. The van der Waals surface area contributed by atoms with Crippen molar-refractivity contribution in [3.8, 4) is 0 Å². The molecule has 1 aromatic carbocycles. The van der Waals surface area contributed by atoms with Crippen molar-refractivity contribution in [1.82, 2.24) is 5.32 Å². The highest BCUT2D eigenvalue weighted by Gasteiger charge is 2.15. The highest BCUT2D eigenvalue weighted by molar-refractivity contribution is 6.30. The van der Waals surface area contributed by atoms with Gasteiger partial charge in [0.1, 0.15) is 5.76 Å². The maximum absolute atomic E-state index is 6.01. The van der Waals surface area contributed by atoms with Crippen molar-refractivity contribution in [2.75, 3.05) is 0 Å². The van der Waals surface area contributed by atoms with Crippen molar-refractivity contribution in [2.45, 2.75) is 32.4 Å². The lowest BCUT2D eigenvalue weighted by Gasteiger charge is -2.21. The fraction of sp³-hybridized carbons (Fsp3) is 0.333. The first-order chi connectivity index (χ1) is 8.70. The van der Waals surface area contributed by atoms with Crippen LogP contribution in [0.2, 0.25) is 5.02 Å². The summed E-state index contributed by atoms with van der Waals surface area (Å²) in [6, 6.07) is 12.3. The molecule has 0 saturated carbocycles. The molecule has 0 spiro atoms. The van der Waals surface area contributed by atoms with Crippen LogP contribution in [0.25, 0.3) is 0 Å². The molecular formula is C15H18ClNO. The van der Waals surface area contributed by atoms with Crippen molar-refractivity contribution in [3.05, 3.63) is 59.0 Å². The number of halogens is 1. The Morgan fingerprint density at radius 2 is 2.11 bits per heavy atom. The zero-order chi connectivity index (χ0) is 13.0. The van der Waals surface area contributed by atoms with Crippen LogP contribution in [0, 0.1) is 0 Å². The van der Waals surface area contributed by atoms with Crippen LogP contribution in [-0.4, -0.2) is 0 Å². The summed E-state index contributed by atoms with van der Waals surface area (Å²) in [6.07, 6.45) is 2.70. The zero-order valence-electron chi connectivity index (χ0n) is 10.7. The number of rotatable bonds is 5. The van der Waals surface area contributed by atoms with Gasteiger partial charge >= 0.3 is 0 Å². The van der Waals surface area contributed by atoms with Crippen molar-refractivity contribution in [1.29, 1.82) is 0 Å². The Balaban J connectivity index is 2.08. The van der Waals surface area contributed by atoms with Gasteiger partial charge in [-0.15, -0.1) is 0 Å². The number of hydrogen-bond acceptors (Lipinski definition) is 2. The summed E-state index contributed by atoms with van der Waals surface area (Å²) >= 11 is 6.01. The van der Waals surface area contributed by atoms with E-state index >= 15 is 0 Å². The van der Waals surface area contributed by atoms with Crippen molar-refractivity contribution in [2.24, 2.45) is 0 Å². The predicted molar refractivity (Wildman–Crippen MR) is 74.7 cm³/mol. The van der Waals surface area contributed by atoms with E-state index in [0.717, 1.165) is 17.2 Å². The molecule has 96 valence electrons. The Labute approximate surface area is 113 Å².